The number of rotatable bonds is 3. The fraction of sp³-hybridized carbons (Fsp3) is 0.714. The molecule has 1 aromatic heterocycles. The molecule has 8 heteroatoms. The number of hydrogen-bond acceptors (Lipinski definition) is 7. The van der Waals surface area contributed by atoms with E-state index in [1.807, 2.05) is 0 Å². The van der Waals surface area contributed by atoms with Crippen LogP contribution in [0.5, 0.6) is 0 Å². The highest BCUT2D eigenvalue weighted by molar-refractivity contribution is 5.36. The minimum Gasteiger partial charge on any atom is -0.394 e. The van der Waals surface area contributed by atoms with Crippen LogP contribution in [0.3, 0.4) is 0 Å². The summed E-state index contributed by atoms with van der Waals surface area (Å²) >= 11 is 0. The van der Waals surface area contributed by atoms with Gasteiger partial charge >= 0.3 is 5.69 Å². The van der Waals surface area contributed by atoms with E-state index >= 15 is 0 Å². The molecule has 122 valence electrons. The van der Waals surface area contributed by atoms with E-state index in [0.717, 1.165) is 30.5 Å². The van der Waals surface area contributed by atoms with Crippen LogP contribution in [0.25, 0.3) is 0 Å². The van der Waals surface area contributed by atoms with E-state index in [1.54, 1.807) is 6.07 Å². The standard InChI is InChI=1S/C14H21N3O5/c18-8-9-11(19)12(20)13(22-9)17-7-4-10(15-14(17)21)16-5-2-1-3-6-16/h4,7,9,11-13,18-20H,1-3,5-6,8H2/t9-,11+,12-,13+/m0/s1. The number of ether oxygens (including phenoxy) is 1. The molecule has 2 aliphatic heterocycles. The summed E-state index contributed by atoms with van der Waals surface area (Å²) in [4.78, 5) is 18.3. The maximum Gasteiger partial charge on any atom is 0.351 e. The molecule has 8 nitrogen and oxygen atoms in total. The zero-order chi connectivity index (χ0) is 15.7. The second-order valence-corrected chi connectivity index (χ2v) is 5.75. The lowest BCUT2D eigenvalue weighted by Gasteiger charge is -2.28. The van der Waals surface area contributed by atoms with E-state index in [-0.39, 0.29) is 0 Å². The molecule has 22 heavy (non-hydrogen) atoms. The predicted molar refractivity (Wildman–Crippen MR) is 77.6 cm³/mol. The minimum absolute atomic E-state index is 0.428. The van der Waals surface area contributed by atoms with Gasteiger partial charge in [0.2, 0.25) is 0 Å². The largest absolute Gasteiger partial charge is 0.394 e. The summed E-state index contributed by atoms with van der Waals surface area (Å²) in [5.41, 5.74) is -0.544. The molecule has 3 N–H and O–H groups in total. The molecule has 4 atom stereocenters. The molecule has 2 aliphatic rings. The number of hydrogen-bond donors (Lipinski definition) is 3. The predicted octanol–water partition coefficient (Wildman–Crippen LogP) is -1.15. The number of nitrogens with zero attached hydrogens (tertiary/aromatic N) is 3. The van der Waals surface area contributed by atoms with Gasteiger partial charge < -0.3 is 25.0 Å². The van der Waals surface area contributed by atoms with E-state index in [1.165, 1.54) is 12.6 Å². The Morgan fingerprint density at radius 2 is 1.95 bits per heavy atom. The molecule has 2 saturated heterocycles. The number of aromatic nitrogens is 2. The third-order valence-electron chi connectivity index (χ3n) is 4.29. The second kappa shape index (κ2) is 6.33. The summed E-state index contributed by atoms with van der Waals surface area (Å²) in [6.45, 7) is 1.33. The zero-order valence-electron chi connectivity index (χ0n) is 12.2. The van der Waals surface area contributed by atoms with Crippen LogP contribution in [-0.4, -0.2) is 62.9 Å². The first kappa shape index (κ1) is 15.4. The Labute approximate surface area is 127 Å². The van der Waals surface area contributed by atoms with Crippen molar-refractivity contribution < 1.29 is 20.1 Å². The maximum absolute atomic E-state index is 12.2. The second-order valence-electron chi connectivity index (χ2n) is 5.75. The molecule has 2 fully saturated rings. The van der Waals surface area contributed by atoms with Gasteiger partial charge in [0.15, 0.2) is 6.23 Å². The van der Waals surface area contributed by atoms with Gasteiger partial charge in [-0.3, -0.25) is 4.57 Å². The molecular weight excluding hydrogens is 290 g/mol. The molecule has 0 spiro atoms. The fourth-order valence-electron chi connectivity index (χ4n) is 3.01. The zero-order valence-corrected chi connectivity index (χ0v) is 12.2. The third kappa shape index (κ3) is 2.74. The SMILES string of the molecule is O=c1nc(N2CCCCC2)ccn1[C@@H]1O[C@@H](CO)[C@@H](O)[C@@H]1O. The van der Waals surface area contributed by atoms with Crippen LogP contribution >= 0.6 is 0 Å². The topological polar surface area (TPSA) is 108 Å². The first-order chi connectivity index (χ1) is 10.6. The summed E-state index contributed by atoms with van der Waals surface area (Å²) < 4.78 is 6.50. The lowest BCUT2D eigenvalue weighted by atomic mass is 10.1. The molecule has 3 rings (SSSR count). The summed E-state index contributed by atoms with van der Waals surface area (Å²) in [5.74, 6) is 0.618. The number of aliphatic hydroxyl groups is 3. The highest BCUT2D eigenvalue weighted by atomic mass is 16.6. The van der Waals surface area contributed by atoms with E-state index in [2.05, 4.69) is 9.88 Å². The lowest BCUT2D eigenvalue weighted by Crippen LogP contribution is -2.37. The number of anilines is 1. The Bertz CT molecular complexity index is 572. The van der Waals surface area contributed by atoms with Gasteiger partial charge in [-0.25, -0.2) is 4.79 Å². The van der Waals surface area contributed by atoms with Crippen molar-refractivity contribution in [3.63, 3.8) is 0 Å². The van der Waals surface area contributed by atoms with Gasteiger partial charge in [-0.2, -0.15) is 4.98 Å². The Balaban J connectivity index is 1.82. The van der Waals surface area contributed by atoms with Crippen molar-refractivity contribution in [3.05, 3.63) is 22.7 Å². The van der Waals surface area contributed by atoms with Gasteiger partial charge in [0.25, 0.3) is 0 Å². The van der Waals surface area contributed by atoms with E-state index in [4.69, 9.17) is 9.84 Å². The van der Waals surface area contributed by atoms with Crippen molar-refractivity contribution in [1.29, 1.82) is 0 Å². The molecule has 0 aromatic carbocycles. The van der Waals surface area contributed by atoms with Crippen molar-refractivity contribution >= 4 is 5.82 Å². The number of piperidine rings is 1. The van der Waals surface area contributed by atoms with Crippen LogP contribution in [0.2, 0.25) is 0 Å². The Morgan fingerprint density at radius 1 is 1.23 bits per heavy atom. The summed E-state index contributed by atoms with van der Waals surface area (Å²) in [7, 11) is 0. The molecule has 1 aromatic rings. The van der Waals surface area contributed by atoms with E-state index in [9.17, 15) is 15.0 Å². The molecule has 0 radical (unpaired) electrons. The van der Waals surface area contributed by atoms with Crippen LogP contribution < -0.4 is 10.6 Å². The summed E-state index contributed by atoms with van der Waals surface area (Å²) in [6.07, 6.45) is 0.409. The average Bonchev–Trinajstić information content (AvgIpc) is 2.83. The quantitative estimate of drug-likeness (QED) is 0.646. The first-order valence-electron chi connectivity index (χ1n) is 7.58. The molecule has 0 unspecified atom stereocenters. The van der Waals surface area contributed by atoms with Gasteiger partial charge in [-0.15, -0.1) is 0 Å². The molecule has 0 bridgehead atoms. The Morgan fingerprint density at radius 3 is 2.55 bits per heavy atom. The number of aliphatic hydroxyl groups excluding tert-OH is 3. The van der Waals surface area contributed by atoms with E-state index in [0.29, 0.717) is 5.82 Å². The normalized spacial score (nSPS) is 32.4. The van der Waals surface area contributed by atoms with Gasteiger partial charge in [-0.05, 0) is 25.3 Å². The van der Waals surface area contributed by atoms with Gasteiger partial charge in [0.1, 0.15) is 24.1 Å². The molecular formula is C14H21N3O5. The van der Waals surface area contributed by atoms with Crippen molar-refractivity contribution in [3.8, 4) is 0 Å². The maximum atomic E-state index is 12.2. The van der Waals surface area contributed by atoms with Crippen molar-refractivity contribution in [2.24, 2.45) is 0 Å². The van der Waals surface area contributed by atoms with Crippen LogP contribution in [0.4, 0.5) is 5.82 Å². The van der Waals surface area contributed by atoms with Crippen LogP contribution in [0, 0.1) is 0 Å². The molecule has 0 aliphatic carbocycles. The first-order valence-corrected chi connectivity index (χ1v) is 7.58. The molecule has 0 saturated carbocycles. The summed E-state index contributed by atoms with van der Waals surface area (Å²) in [6, 6.07) is 1.71. The van der Waals surface area contributed by atoms with Crippen molar-refractivity contribution in [1.82, 2.24) is 9.55 Å². The minimum atomic E-state index is -1.28. The van der Waals surface area contributed by atoms with Crippen molar-refractivity contribution in [2.75, 3.05) is 24.6 Å². The van der Waals surface area contributed by atoms with Crippen molar-refractivity contribution in [2.45, 2.75) is 43.8 Å². The smallest absolute Gasteiger partial charge is 0.351 e. The molecule has 3 heterocycles. The summed E-state index contributed by atoms with van der Waals surface area (Å²) in [5, 5.41) is 28.8. The third-order valence-corrected chi connectivity index (χ3v) is 4.29. The Hall–Kier alpha value is -1.48. The molecule has 0 amide bonds. The monoisotopic (exact) mass is 311 g/mol. The van der Waals surface area contributed by atoms with Crippen LogP contribution in [-0.2, 0) is 4.74 Å². The van der Waals surface area contributed by atoms with E-state index < -0.39 is 36.8 Å². The van der Waals surface area contributed by atoms with Crippen LogP contribution in [0.15, 0.2) is 17.1 Å². The highest BCUT2D eigenvalue weighted by Gasteiger charge is 2.43. The van der Waals surface area contributed by atoms with Gasteiger partial charge in [0, 0.05) is 19.3 Å². The fourth-order valence-corrected chi connectivity index (χ4v) is 3.01. The lowest BCUT2D eigenvalue weighted by molar-refractivity contribution is -0.0549. The Kier molecular flexibility index (Phi) is 4.44. The highest BCUT2D eigenvalue weighted by Crippen LogP contribution is 2.28. The van der Waals surface area contributed by atoms with Gasteiger partial charge in [0.05, 0.1) is 6.61 Å². The van der Waals surface area contributed by atoms with Crippen LogP contribution in [0.1, 0.15) is 25.5 Å². The average molecular weight is 311 g/mol. The van der Waals surface area contributed by atoms with Gasteiger partial charge in [-0.1, -0.05) is 0 Å².